The van der Waals surface area contributed by atoms with Crippen LogP contribution in [0.15, 0.2) is 53.8 Å². The van der Waals surface area contributed by atoms with Crippen molar-refractivity contribution in [2.24, 2.45) is 5.41 Å². The molecule has 2 nitrogen and oxygen atoms in total. The molecule has 0 unspecified atom stereocenters. The van der Waals surface area contributed by atoms with Crippen molar-refractivity contribution in [1.82, 2.24) is 0 Å². The van der Waals surface area contributed by atoms with Gasteiger partial charge >= 0.3 is 24.7 Å². The minimum atomic E-state index is -5.97. The van der Waals surface area contributed by atoms with Gasteiger partial charge in [-0.15, -0.1) is 5.73 Å². The van der Waals surface area contributed by atoms with Crippen molar-refractivity contribution in [3.05, 3.63) is 78.8 Å². The molecule has 2 rings (SSSR count). The van der Waals surface area contributed by atoms with Gasteiger partial charge in [0.1, 0.15) is 5.60 Å². The zero-order chi connectivity index (χ0) is 29.7. The fourth-order valence-corrected chi connectivity index (χ4v) is 2.13. The monoisotopic (exact) mass is 756 g/mol. The van der Waals surface area contributed by atoms with Crippen molar-refractivity contribution in [1.29, 1.82) is 0 Å². The molecular formula is C23H20BrF12O2Sb-2. The Bertz CT molecular complexity index is 935. The van der Waals surface area contributed by atoms with E-state index in [2.05, 4.69) is 39.0 Å². The van der Waals surface area contributed by atoms with E-state index < -0.39 is 41.5 Å². The molecule has 0 atom stereocenters. The zero-order valence-corrected chi connectivity index (χ0v) is 24.2. The Hall–Kier alpha value is -1.14. The van der Waals surface area contributed by atoms with Crippen LogP contribution in [-0.2, 0) is 5.60 Å². The number of hydrogen-bond donors (Lipinski definition) is 1. The van der Waals surface area contributed by atoms with Gasteiger partial charge in [-0.1, -0.05) is 56.7 Å². The molecule has 222 valence electrons. The van der Waals surface area contributed by atoms with Gasteiger partial charge in [0, 0.05) is 30.8 Å². The molecule has 1 aromatic carbocycles. The number of aliphatic hydroxyl groups is 1. The van der Waals surface area contributed by atoms with Gasteiger partial charge in [0.05, 0.1) is 0 Å². The molecule has 0 saturated heterocycles. The molecule has 1 N–H and O–H groups in total. The largest absolute Gasteiger partial charge is 1.00 e. The Labute approximate surface area is 244 Å². The zero-order valence-electron chi connectivity index (χ0n) is 20.0. The maximum atomic E-state index is 12.2. The van der Waals surface area contributed by atoms with Crippen LogP contribution >= 0.6 is 0 Å². The van der Waals surface area contributed by atoms with E-state index in [0.717, 1.165) is 18.2 Å². The molecular weight excluding hydrogens is 738 g/mol. The van der Waals surface area contributed by atoms with Crippen molar-refractivity contribution in [2.75, 3.05) is 0 Å². The van der Waals surface area contributed by atoms with Crippen molar-refractivity contribution in [3.8, 4) is 0 Å². The third-order valence-electron chi connectivity index (χ3n) is 4.41. The van der Waals surface area contributed by atoms with Crippen molar-refractivity contribution < 1.29 is 79.9 Å². The van der Waals surface area contributed by atoms with Gasteiger partial charge in [0.25, 0.3) is 5.60 Å². The second kappa shape index (κ2) is 14.7. The molecule has 16 heteroatoms. The fraction of sp³-hybridized carbons (Fsp3) is 0.435. The van der Waals surface area contributed by atoms with Crippen molar-refractivity contribution in [2.45, 2.75) is 56.7 Å². The molecule has 0 spiro atoms. The van der Waals surface area contributed by atoms with Gasteiger partial charge in [0.2, 0.25) is 0 Å². The third kappa shape index (κ3) is 11.3. The number of allylic oxidation sites excluding steroid dienone is 3. The first kappa shape index (κ1) is 42.3. The van der Waals surface area contributed by atoms with Crippen LogP contribution in [0.3, 0.4) is 0 Å². The van der Waals surface area contributed by atoms with Gasteiger partial charge in [-0.3, -0.25) is 0 Å². The van der Waals surface area contributed by atoms with E-state index in [0.29, 0.717) is 6.07 Å². The second-order valence-corrected chi connectivity index (χ2v) is 8.35. The van der Waals surface area contributed by atoms with Crippen LogP contribution in [-0.4, -0.2) is 59.8 Å². The Balaban J connectivity index is -0.000000503. The average molecular weight is 758 g/mol. The summed E-state index contributed by atoms with van der Waals surface area (Å²) in [4.78, 5) is 0. The first-order valence-corrected chi connectivity index (χ1v) is 9.70. The van der Waals surface area contributed by atoms with E-state index in [1.165, 1.54) is 5.57 Å². The van der Waals surface area contributed by atoms with Gasteiger partial charge in [-0.05, 0) is 36.1 Å². The van der Waals surface area contributed by atoms with Crippen LogP contribution in [0.5, 0.6) is 0 Å². The second-order valence-electron chi connectivity index (χ2n) is 8.35. The minimum Gasteiger partial charge on any atom is -1.00 e. The average Bonchev–Trinajstić information content (AvgIpc) is 2.71. The quantitative estimate of drug-likeness (QED) is 0.272. The van der Waals surface area contributed by atoms with E-state index in [-0.39, 0.29) is 46.8 Å². The predicted molar refractivity (Wildman–Crippen MR) is 112 cm³/mol. The maximum Gasteiger partial charge on any atom is 0.426 e. The summed E-state index contributed by atoms with van der Waals surface area (Å²) in [7, 11) is 0. The summed E-state index contributed by atoms with van der Waals surface area (Å²) in [5.74, 6) is 0. The Morgan fingerprint density at radius 3 is 1.41 bits per heavy atom. The van der Waals surface area contributed by atoms with E-state index in [9.17, 15) is 57.8 Å². The smallest absolute Gasteiger partial charge is 0.426 e. The van der Waals surface area contributed by atoms with Crippen LogP contribution < -0.4 is 22.1 Å². The summed E-state index contributed by atoms with van der Waals surface area (Å²) in [6.45, 7) is 8.25. The molecule has 0 bridgehead atoms. The predicted octanol–water partition coefficient (Wildman–Crippen LogP) is 3.35. The molecule has 1 aromatic rings. The summed E-state index contributed by atoms with van der Waals surface area (Å²) < 4.78 is 141. The van der Waals surface area contributed by atoms with Gasteiger partial charge < -0.3 is 27.2 Å². The molecule has 1 aliphatic carbocycles. The minimum absolute atomic E-state index is 0. The van der Waals surface area contributed by atoms with Crippen LogP contribution in [0.2, 0.25) is 0 Å². The number of alkyl halides is 12. The molecule has 0 aliphatic heterocycles. The summed E-state index contributed by atoms with van der Waals surface area (Å²) in [6.07, 6.45) is -15.4. The van der Waals surface area contributed by atoms with E-state index >= 15 is 0 Å². The maximum absolute atomic E-state index is 12.2. The third-order valence-corrected chi connectivity index (χ3v) is 4.41. The van der Waals surface area contributed by atoms with Gasteiger partial charge in [0.15, 0.2) is 0 Å². The van der Waals surface area contributed by atoms with Crippen LogP contribution in [0.25, 0.3) is 0 Å². The van der Waals surface area contributed by atoms with Crippen molar-refractivity contribution >= 4 is 24.4 Å². The summed E-state index contributed by atoms with van der Waals surface area (Å²) >= 11 is 0. The first-order valence-electron chi connectivity index (χ1n) is 9.70. The topological polar surface area (TPSA) is 43.3 Å². The Kier molecular flexibility index (Phi) is 15.9. The SMILES string of the molecule is CC(C)(C)C1=CC=C=C[CH]1.[Br-].[CH2]C(O)(C(F)(F)F)C(F)(F)F.[O-]C(c1[c]cccc1)(C(F)(F)F)C(F)(F)F.[Sb]. The van der Waals surface area contributed by atoms with E-state index in [1.807, 2.05) is 12.2 Å². The summed E-state index contributed by atoms with van der Waals surface area (Å²) in [5, 5.41) is 18.9. The van der Waals surface area contributed by atoms with Crippen LogP contribution in [0.1, 0.15) is 26.3 Å². The number of halogens is 13. The summed E-state index contributed by atoms with van der Waals surface area (Å²) in [6, 6.07) is 5.02. The number of rotatable bonds is 1. The Morgan fingerprint density at radius 2 is 1.21 bits per heavy atom. The summed E-state index contributed by atoms with van der Waals surface area (Å²) in [5.41, 5.74) is -6.86. The van der Waals surface area contributed by atoms with Gasteiger partial charge in [-0.2, -0.15) is 52.7 Å². The van der Waals surface area contributed by atoms with Gasteiger partial charge in [-0.25, -0.2) is 0 Å². The molecule has 39 heavy (non-hydrogen) atoms. The van der Waals surface area contributed by atoms with E-state index in [4.69, 9.17) is 5.11 Å². The standard InChI is InChI=1S/C10H13.C9H4F6O.C4H3F6O.BrH.Sb/c1-10(2,3)9-7-5-4-6-8-9;10-8(11,12)7(16,9(13,14)15)6-4-2-1-3-5-6;1-2(11,3(5,6)7)4(8,9)10;;/h5-8H,1-3H3;1-4H;11H,1H2;1H;/q;-1;;;/p-1. The Morgan fingerprint density at radius 1 is 0.769 bits per heavy atom. The first-order chi connectivity index (χ1) is 16.2. The molecule has 0 fully saturated rings. The molecule has 0 saturated carbocycles. The molecule has 0 amide bonds. The fourth-order valence-electron chi connectivity index (χ4n) is 2.13. The molecule has 0 heterocycles. The van der Waals surface area contributed by atoms with Crippen molar-refractivity contribution in [3.63, 3.8) is 0 Å². The molecule has 0 aromatic heterocycles. The van der Waals surface area contributed by atoms with Crippen LogP contribution in [0, 0.1) is 24.8 Å². The number of benzene rings is 1. The van der Waals surface area contributed by atoms with Crippen LogP contribution in [0.4, 0.5) is 52.7 Å². The van der Waals surface area contributed by atoms with E-state index in [1.54, 1.807) is 13.0 Å². The number of hydrogen-bond acceptors (Lipinski definition) is 2. The normalized spacial score (nSPS) is 14.5. The molecule has 6 radical (unpaired) electrons. The molecule has 1 aliphatic rings.